The van der Waals surface area contributed by atoms with Gasteiger partial charge in [-0.1, -0.05) is 65.8 Å². The Hall–Kier alpha value is -1.98. The summed E-state index contributed by atoms with van der Waals surface area (Å²) in [6.45, 7) is 14.1. The third-order valence-electron chi connectivity index (χ3n) is 5.17. The van der Waals surface area contributed by atoms with E-state index in [1.165, 1.54) is 38.5 Å². The molecule has 0 aromatic carbocycles. The standard InChI is InChI=1S/2C10H18.C2H2O6/c2*1-10(2,3)9-7-5-4-6-8-9;3-1(4)7-8-2(5)6/h2*4-5,9H,6-8H2,1-3H3;(H,3,4)(H,5,6). The Morgan fingerprint density at radius 2 is 1.04 bits per heavy atom. The highest BCUT2D eigenvalue weighted by Gasteiger charge is 2.24. The largest absolute Gasteiger partial charge is 0.547 e. The molecule has 2 N–H and O–H groups in total. The van der Waals surface area contributed by atoms with Crippen molar-refractivity contribution in [3.63, 3.8) is 0 Å². The smallest absolute Gasteiger partial charge is 0.447 e. The predicted octanol–water partition coefficient (Wildman–Crippen LogP) is 7.07. The molecule has 6 heteroatoms. The fourth-order valence-corrected chi connectivity index (χ4v) is 3.23. The van der Waals surface area contributed by atoms with Crippen molar-refractivity contribution < 1.29 is 29.6 Å². The van der Waals surface area contributed by atoms with Gasteiger partial charge in [0.1, 0.15) is 0 Å². The van der Waals surface area contributed by atoms with Crippen LogP contribution in [0.3, 0.4) is 0 Å². The second kappa shape index (κ2) is 12.5. The lowest BCUT2D eigenvalue weighted by Gasteiger charge is -2.31. The molecule has 0 fully saturated rings. The Kier molecular flexibility index (Phi) is 11.6. The first kappa shape index (κ1) is 26.0. The number of carboxylic acid groups (broad SMARTS) is 2. The van der Waals surface area contributed by atoms with E-state index in [1.807, 2.05) is 0 Å². The number of carbonyl (C=O) groups is 2. The molecule has 0 spiro atoms. The monoisotopic (exact) mass is 398 g/mol. The SMILES string of the molecule is CC(C)(C)C1CC=CCC1.CC(C)(C)C1CC=CCC1.O=C(O)OOC(=O)O. The highest BCUT2D eigenvalue weighted by Crippen LogP contribution is 2.35. The molecule has 2 rings (SSSR count). The van der Waals surface area contributed by atoms with Gasteiger partial charge in [-0.25, -0.2) is 19.4 Å². The van der Waals surface area contributed by atoms with Gasteiger partial charge >= 0.3 is 12.3 Å². The van der Waals surface area contributed by atoms with Gasteiger partial charge in [-0.05, 0) is 61.2 Å². The van der Waals surface area contributed by atoms with Gasteiger partial charge < -0.3 is 10.2 Å². The highest BCUT2D eigenvalue weighted by atomic mass is 17.2. The van der Waals surface area contributed by atoms with Crippen molar-refractivity contribution in [1.29, 1.82) is 0 Å². The minimum Gasteiger partial charge on any atom is -0.447 e. The summed E-state index contributed by atoms with van der Waals surface area (Å²) in [5.41, 5.74) is 1.04. The van der Waals surface area contributed by atoms with E-state index in [0.29, 0.717) is 10.8 Å². The molecule has 0 aliphatic heterocycles. The first-order valence-corrected chi connectivity index (χ1v) is 9.94. The molecule has 2 atom stereocenters. The van der Waals surface area contributed by atoms with Gasteiger partial charge in [-0.2, -0.15) is 0 Å². The van der Waals surface area contributed by atoms with Crippen LogP contribution >= 0.6 is 0 Å². The maximum absolute atomic E-state index is 9.29. The Morgan fingerprint density at radius 1 is 0.714 bits per heavy atom. The van der Waals surface area contributed by atoms with E-state index in [9.17, 15) is 9.59 Å². The van der Waals surface area contributed by atoms with Gasteiger partial charge in [0.2, 0.25) is 0 Å². The molecule has 2 aliphatic rings. The molecular weight excluding hydrogens is 360 g/mol. The second-order valence-corrected chi connectivity index (χ2v) is 9.39. The van der Waals surface area contributed by atoms with Crippen LogP contribution in [0.4, 0.5) is 9.59 Å². The number of hydrogen-bond acceptors (Lipinski definition) is 4. The molecule has 2 aliphatic carbocycles. The summed E-state index contributed by atoms with van der Waals surface area (Å²) in [7, 11) is 0. The van der Waals surface area contributed by atoms with E-state index >= 15 is 0 Å². The lowest BCUT2D eigenvalue weighted by Crippen LogP contribution is -2.20. The number of rotatable bonds is 0. The fraction of sp³-hybridized carbons (Fsp3) is 0.727. The predicted molar refractivity (Wildman–Crippen MR) is 110 cm³/mol. The summed E-state index contributed by atoms with van der Waals surface area (Å²) in [6, 6.07) is 0. The van der Waals surface area contributed by atoms with Gasteiger partial charge in [-0.3, -0.25) is 0 Å². The third kappa shape index (κ3) is 13.2. The molecule has 0 aromatic heterocycles. The molecule has 0 heterocycles. The van der Waals surface area contributed by atoms with Gasteiger partial charge in [0.15, 0.2) is 0 Å². The van der Waals surface area contributed by atoms with E-state index in [0.717, 1.165) is 11.8 Å². The Morgan fingerprint density at radius 3 is 1.18 bits per heavy atom. The molecule has 2 unspecified atom stereocenters. The molecule has 0 amide bonds. The zero-order valence-electron chi connectivity index (χ0n) is 18.2. The Balaban J connectivity index is 0.000000394. The van der Waals surface area contributed by atoms with E-state index < -0.39 is 12.3 Å². The van der Waals surface area contributed by atoms with Crippen LogP contribution < -0.4 is 0 Å². The zero-order chi connectivity index (χ0) is 21.8. The van der Waals surface area contributed by atoms with Gasteiger partial charge in [0, 0.05) is 0 Å². The van der Waals surface area contributed by atoms with Crippen molar-refractivity contribution in [2.24, 2.45) is 22.7 Å². The molecule has 162 valence electrons. The van der Waals surface area contributed by atoms with Crippen molar-refractivity contribution in [3.8, 4) is 0 Å². The maximum atomic E-state index is 9.29. The summed E-state index contributed by atoms with van der Waals surface area (Å²) in [5.74, 6) is 1.83. The van der Waals surface area contributed by atoms with Crippen LogP contribution in [0, 0.1) is 22.7 Å². The zero-order valence-corrected chi connectivity index (χ0v) is 18.2. The van der Waals surface area contributed by atoms with E-state index in [1.54, 1.807) is 0 Å². The fourth-order valence-electron chi connectivity index (χ4n) is 3.23. The van der Waals surface area contributed by atoms with E-state index in [2.05, 4.69) is 75.6 Å². The van der Waals surface area contributed by atoms with Crippen LogP contribution in [-0.4, -0.2) is 22.5 Å². The molecular formula is C22H38O6. The highest BCUT2D eigenvalue weighted by molar-refractivity contribution is 5.60. The maximum Gasteiger partial charge on any atom is 0.547 e. The summed E-state index contributed by atoms with van der Waals surface area (Å²) >= 11 is 0. The van der Waals surface area contributed by atoms with Gasteiger partial charge in [0.05, 0.1) is 0 Å². The summed E-state index contributed by atoms with van der Waals surface area (Å²) < 4.78 is 0. The van der Waals surface area contributed by atoms with Crippen molar-refractivity contribution in [2.75, 3.05) is 0 Å². The number of allylic oxidation sites excluding steroid dienone is 4. The molecule has 6 nitrogen and oxygen atoms in total. The van der Waals surface area contributed by atoms with Crippen LogP contribution in [0.15, 0.2) is 24.3 Å². The summed E-state index contributed by atoms with van der Waals surface area (Å²) in [5, 5.41) is 15.1. The van der Waals surface area contributed by atoms with Crippen molar-refractivity contribution in [2.45, 2.75) is 80.1 Å². The minimum absolute atomic E-state index is 0.519. The molecule has 0 bridgehead atoms. The first-order chi connectivity index (χ1) is 12.8. The van der Waals surface area contributed by atoms with Crippen molar-refractivity contribution in [1.82, 2.24) is 0 Å². The molecule has 0 saturated heterocycles. The normalized spacial score (nSPS) is 21.4. The van der Waals surface area contributed by atoms with Crippen LogP contribution in [0.5, 0.6) is 0 Å². The van der Waals surface area contributed by atoms with Crippen LogP contribution in [0.2, 0.25) is 0 Å². The average Bonchev–Trinajstić information content (AvgIpc) is 2.61. The van der Waals surface area contributed by atoms with Crippen LogP contribution in [0.1, 0.15) is 80.1 Å². The van der Waals surface area contributed by atoms with E-state index in [4.69, 9.17) is 10.2 Å². The molecule has 0 saturated carbocycles. The van der Waals surface area contributed by atoms with Crippen molar-refractivity contribution in [3.05, 3.63) is 24.3 Å². The summed E-state index contributed by atoms with van der Waals surface area (Å²) in [4.78, 5) is 24.8. The Labute approximate surface area is 169 Å². The van der Waals surface area contributed by atoms with Gasteiger partial charge in [0.25, 0.3) is 0 Å². The van der Waals surface area contributed by atoms with Crippen molar-refractivity contribution >= 4 is 12.3 Å². The lowest BCUT2D eigenvalue weighted by molar-refractivity contribution is -0.208. The molecule has 0 radical (unpaired) electrons. The van der Waals surface area contributed by atoms with Gasteiger partial charge in [-0.15, -0.1) is 0 Å². The topological polar surface area (TPSA) is 93.1 Å². The van der Waals surface area contributed by atoms with E-state index in [-0.39, 0.29) is 0 Å². The number of hydrogen-bond donors (Lipinski definition) is 2. The quantitative estimate of drug-likeness (QED) is 0.257. The van der Waals surface area contributed by atoms with Crippen LogP contribution in [0.25, 0.3) is 0 Å². The first-order valence-electron chi connectivity index (χ1n) is 9.94. The molecule has 0 aromatic rings. The minimum atomic E-state index is -1.80. The third-order valence-corrected chi connectivity index (χ3v) is 5.17. The molecule has 28 heavy (non-hydrogen) atoms. The summed E-state index contributed by atoms with van der Waals surface area (Å²) in [6.07, 6.45) is 13.6. The second-order valence-electron chi connectivity index (χ2n) is 9.39. The lowest BCUT2D eigenvalue weighted by atomic mass is 9.74. The Bertz CT molecular complexity index is 474. The van der Waals surface area contributed by atoms with Crippen LogP contribution in [-0.2, 0) is 9.78 Å². The average molecular weight is 399 g/mol.